The molecule has 1 aliphatic rings. The van der Waals surface area contributed by atoms with E-state index in [1.54, 1.807) is 0 Å². The van der Waals surface area contributed by atoms with Crippen LogP contribution < -0.4 is 0 Å². The van der Waals surface area contributed by atoms with Gasteiger partial charge in [-0.2, -0.15) is 0 Å². The third kappa shape index (κ3) is 6.00. The van der Waals surface area contributed by atoms with Crippen molar-refractivity contribution in [3.8, 4) is 0 Å². The van der Waals surface area contributed by atoms with Crippen LogP contribution in [0.1, 0.15) is 17.5 Å². The first-order valence-corrected chi connectivity index (χ1v) is 11.0. The maximum Gasteiger partial charge on any atom is 0.347 e. The molecular weight excluding hydrogens is 395 g/mol. The van der Waals surface area contributed by atoms with E-state index in [0.29, 0.717) is 0 Å². The Bertz CT molecular complexity index is 822. The summed E-state index contributed by atoms with van der Waals surface area (Å²) in [6.45, 7) is 0.157. The standard InChI is InChI=1S/C21H23O7P/c1-25-21(23)19-12-18(20(22)28-19)15-29(24,26-13-16-8-4-2-5-9-16)27-14-17-10-6-3-7-11-17/h2-11,18-19H,12-15H2,1H3. The molecule has 2 aromatic carbocycles. The van der Waals surface area contributed by atoms with Gasteiger partial charge in [0.1, 0.15) is 0 Å². The van der Waals surface area contributed by atoms with Gasteiger partial charge in [0, 0.05) is 6.42 Å². The quantitative estimate of drug-likeness (QED) is 0.453. The first kappa shape index (κ1) is 21.2. The van der Waals surface area contributed by atoms with E-state index >= 15 is 0 Å². The third-order valence-corrected chi connectivity index (χ3v) is 6.47. The highest BCUT2D eigenvalue weighted by Gasteiger charge is 2.44. The van der Waals surface area contributed by atoms with Crippen LogP contribution in [0.15, 0.2) is 60.7 Å². The molecule has 0 N–H and O–H groups in total. The monoisotopic (exact) mass is 418 g/mol. The molecule has 0 amide bonds. The number of methoxy groups -OCH3 is 1. The molecule has 1 heterocycles. The van der Waals surface area contributed by atoms with Crippen molar-refractivity contribution in [2.24, 2.45) is 5.92 Å². The van der Waals surface area contributed by atoms with Gasteiger partial charge in [0.2, 0.25) is 0 Å². The van der Waals surface area contributed by atoms with Crippen molar-refractivity contribution in [1.29, 1.82) is 0 Å². The number of esters is 2. The van der Waals surface area contributed by atoms with Crippen LogP contribution >= 0.6 is 7.60 Å². The molecule has 0 radical (unpaired) electrons. The number of ether oxygens (including phenoxy) is 2. The van der Waals surface area contributed by atoms with Crippen molar-refractivity contribution in [2.45, 2.75) is 25.7 Å². The summed E-state index contributed by atoms with van der Waals surface area (Å²) < 4.78 is 34.5. The van der Waals surface area contributed by atoms with Gasteiger partial charge in [-0.25, -0.2) is 4.79 Å². The van der Waals surface area contributed by atoms with Crippen molar-refractivity contribution in [3.05, 3.63) is 71.8 Å². The number of rotatable bonds is 9. The zero-order valence-electron chi connectivity index (χ0n) is 16.1. The van der Waals surface area contributed by atoms with Crippen LogP contribution in [-0.4, -0.2) is 31.3 Å². The average Bonchev–Trinajstić information content (AvgIpc) is 3.12. The van der Waals surface area contributed by atoms with Crippen LogP contribution in [0.2, 0.25) is 0 Å². The molecule has 0 aliphatic carbocycles. The largest absolute Gasteiger partial charge is 0.466 e. The molecule has 1 fully saturated rings. The molecule has 0 bridgehead atoms. The molecule has 2 aromatic rings. The summed E-state index contributed by atoms with van der Waals surface area (Å²) >= 11 is 0. The van der Waals surface area contributed by atoms with Crippen molar-refractivity contribution in [3.63, 3.8) is 0 Å². The minimum absolute atomic E-state index is 0.0785. The van der Waals surface area contributed by atoms with E-state index in [-0.39, 0.29) is 25.8 Å². The van der Waals surface area contributed by atoms with Crippen molar-refractivity contribution in [2.75, 3.05) is 13.3 Å². The summed E-state index contributed by atoms with van der Waals surface area (Å²) in [6, 6.07) is 18.5. The van der Waals surface area contributed by atoms with E-state index in [2.05, 4.69) is 4.74 Å². The first-order valence-electron chi connectivity index (χ1n) is 9.23. The minimum atomic E-state index is -3.65. The molecule has 29 heavy (non-hydrogen) atoms. The van der Waals surface area contributed by atoms with Gasteiger partial charge in [-0.3, -0.25) is 9.36 Å². The van der Waals surface area contributed by atoms with E-state index in [1.807, 2.05) is 60.7 Å². The number of hydrogen-bond acceptors (Lipinski definition) is 7. The Morgan fingerprint density at radius 2 is 1.52 bits per heavy atom. The second-order valence-corrected chi connectivity index (χ2v) is 8.80. The molecular formula is C21H23O7P. The second kappa shape index (κ2) is 9.83. The Morgan fingerprint density at radius 1 is 1.00 bits per heavy atom. The number of cyclic esters (lactones) is 1. The predicted molar refractivity (Wildman–Crippen MR) is 105 cm³/mol. The molecule has 154 valence electrons. The van der Waals surface area contributed by atoms with Gasteiger partial charge in [-0.05, 0) is 11.1 Å². The van der Waals surface area contributed by atoms with Gasteiger partial charge in [0.05, 0.1) is 32.4 Å². The topological polar surface area (TPSA) is 88.1 Å². The Hall–Kier alpha value is -2.47. The maximum absolute atomic E-state index is 13.4. The Labute approximate surface area is 169 Å². The molecule has 0 spiro atoms. The Kier molecular flexibility index (Phi) is 7.20. The van der Waals surface area contributed by atoms with Crippen molar-refractivity contribution in [1.82, 2.24) is 0 Å². The molecule has 7 nitrogen and oxygen atoms in total. The van der Waals surface area contributed by atoms with Crippen LogP contribution in [0.3, 0.4) is 0 Å². The van der Waals surface area contributed by atoms with Gasteiger partial charge in [-0.15, -0.1) is 0 Å². The lowest BCUT2D eigenvalue weighted by molar-refractivity contribution is -0.159. The van der Waals surface area contributed by atoms with Crippen LogP contribution in [-0.2, 0) is 45.9 Å². The third-order valence-electron chi connectivity index (χ3n) is 4.54. The van der Waals surface area contributed by atoms with Crippen LogP contribution in [0.5, 0.6) is 0 Å². The minimum Gasteiger partial charge on any atom is -0.466 e. The average molecular weight is 418 g/mol. The summed E-state index contributed by atoms with van der Waals surface area (Å²) in [5.41, 5.74) is 1.66. The van der Waals surface area contributed by atoms with E-state index in [0.717, 1.165) is 11.1 Å². The zero-order chi connectivity index (χ0) is 20.7. The number of carbonyl (C=O) groups excluding carboxylic acids is 2. The summed E-state index contributed by atoms with van der Waals surface area (Å²) in [6.07, 6.45) is -1.08. The van der Waals surface area contributed by atoms with Gasteiger partial charge in [0.25, 0.3) is 0 Å². The summed E-state index contributed by atoms with van der Waals surface area (Å²) in [4.78, 5) is 23.8. The highest BCUT2D eigenvalue weighted by molar-refractivity contribution is 7.53. The summed E-state index contributed by atoms with van der Waals surface area (Å²) in [5, 5.41) is 0. The van der Waals surface area contributed by atoms with E-state index in [9.17, 15) is 14.2 Å². The van der Waals surface area contributed by atoms with E-state index < -0.39 is 31.6 Å². The number of hydrogen-bond donors (Lipinski definition) is 0. The van der Waals surface area contributed by atoms with Crippen LogP contribution in [0.25, 0.3) is 0 Å². The highest BCUT2D eigenvalue weighted by Crippen LogP contribution is 2.52. The van der Waals surface area contributed by atoms with Crippen LogP contribution in [0, 0.1) is 5.92 Å². The zero-order valence-corrected chi connectivity index (χ0v) is 17.0. The fourth-order valence-electron chi connectivity index (χ4n) is 2.97. The SMILES string of the molecule is COC(=O)C1CC(CP(=O)(OCc2ccccc2)OCc2ccccc2)C(=O)O1. The van der Waals surface area contributed by atoms with E-state index in [1.165, 1.54) is 7.11 Å². The second-order valence-electron chi connectivity index (χ2n) is 6.69. The van der Waals surface area contributed by atoms with Gasteiger partial charge >= 0.3 is 19.5 Å². The lowest BCUT2D eigenvalue weighted by Gasteiger charge is -2.20. The fraction of sp³-hybridized carbons (Fsp3) is 0.333. The van der Waals surface area contributed by atoms with Crippen molar-refractivity contribution >= 4 is 19.5 Å². The molecule has 8 heteroatoms. The lowest BCUT2D eigenvalue weighted by Crippen LogP contribution is -2.21. The molecule has 2 unspecified atom stereocenters. The number of benzene rings is 2. The van der Waals surface area contributed by atoms with Crippen LogP contribution in [0.4, 0.5) is 0 Å². The molecule has 1 saturated heterocycles. The smallest absolute Gasteiger partial charge is 0.347 e. The molecule has 2 atom stereocenters. The number of carbonyl (C=O) groups is 2. The normalized spacial score (nSPS) is 19.0. The van der Waals surface area contributed by atoms with Gasteiger partial charge in [-0.1, -0.05) is 60.7 Å². The molecule has 0 aromatic heterocycles. The fourth-order valence-corrected chi connectivity index (χ4v) is 4.79. The molecule has 3 rings (SSSR count). The Balaban J connectivity index is 1.70. The van der Waals surface area contributed by atoms with E-state index in [4.69, 9.17) is 13.8 Å². The first-order chi connectivity index (χ1) is 14.0. The predicted octanol–water partition coefficient (Wildman–Crippen LogP) is 3.72. The highest BCUT2D eigenvalue weighted by atomic mass is 31.2. The maximum atomic E-state index is 13.4. The molecule has 1 aliphatic heterocycles. The summed E-state index contributed by atoms with van der Waals surface area (Å²) in [7, 11) is -2.43. The summed E-state index contributed by atoms with van der Waals surface area (Å²) in [5.74, 6) is -2.00. The van der Waals surface area contributed by atoms with Crippen molar-refractivity contribution < 1.29 is 32.7 Å². The Morgan fingerprint density at radius 3 is 2.00 bits per heavy atom. The lowest BCUT2D eigenvalue weighted by atomic mass is 10.1. The van der Waals surface area contributed by atoms with Gasteiger partial charge < -0.3 is 18.5 Å². The van der Waals surface area contributed by atoms with Gasteiger partial charge in [0.15, 0.2) is 6.10 Å². The molecule has 0 saturated carbocycles.